The van der Waals surface area contributed by atoms with Crippen LogP contribution in [0.4, 0.5) is 5.82 Å². The number of nitrogen functional groups attached to an aromatic ring is 1. The lowest BCUT2D eigenvalue weighted by Gasteiger charge is -2.10. The molecule has 0 amide bonds. The van der Waals surface area contributed by atoms with E-state index in [1.807, 2.05) is 33.1 Å². The topological polar surface area (TPSA) is 102 Å². The van der Waals surface area contributed by atoms with Gasteiger partial charge in [-0.1, -0.05) is 112 Å². The molecule has 0 aliphatic carbocycles. The Hall–Kier alpha value is -0.860. The number of nitrogens with two attached hydrogens (primary N) is 1. The second-order valence-electron chi connectivity index (χ2n) is 10.5. The van der Waals surface area contributed by atoms with Crippen molar-refractivity contribution in [1.29, 1.82) is 0 Å². The highest BCUT2D eigenvalue weighted by atomic mass is 33.1. The van der Waals surface area contributed by atoms with Gasteiger partial charge < -0.3 is 19.9 Å². The molecule has 0 saturated heterocycles. The molecule has 0 aromatic carbocycles. The summed E-state index contributed by atoms with van der Waals surface area (Å²) in [5.74, 6) is 4.26. The monoisotopic (exact) mass is 597 g/mol. The number of imidazole rings is 1. The average Bonchev–Trinajstić information content (AvgIpc) is 3.34. The first-order valence-electron chi connectivity index (χ1n) is 15.2. The fourth-order valence-corrected chi connectivity index (χ4v) is 7.76. The van der Waals surface area contributed by atoms with Crippen molar-refractivity contribution in [3.8, 4) is 0 Å². The van der Waals surface area contributed by atoms with Crippen molar-refractivity contribution < 1.29 is 9.63 Å². The molecular weight excluding hydrogens is 545 g/mol. The molecule has 0 aliphatic rings. The lowest BCUT2D eigenvalue weighted by Crippen LogP contribution is -2.16. The average molecular weight is 598 g/mol. The van der Waals surface area contributed by atoms with Crippen LogP contribution in [0.1, 0.15) is 117 Å². The molecule has 0 spiro atoms. The van der Waals surface area contributed by atoms with Crippen molar-refractivity contribution >= 4 is 52.3 Å². The van der Waals surface area contributed by atoms with Gasteiger partial charge in [-0.25, -0.2) is 15.0 Å². The highest BCUT2D eigenvalue weighted by Gasteiger charge is 2.11. The highest BCUT2D eigenvalue weighted by molar-refractivity contribution is 8.76. The summed E-state index contributed by atoms with van der Waals surface area (Å²) < 4.78 is 7.59. The molecule has 0 aliphatic heterocycles. The summed E-state index contributed by atoms with van der Waals surface area (Å²) in [6.45, 7) is 4.79. The standard InChI is InChI=1S/C29H52N5O2PS2/c1-3-4-5-6-7-8-9-10-11-12-13-14-15-17-20-38-39-21-18-16-19-37(35)25-36-26(2)22-34-24-33-27-28(30)31-23-32-29(27)34/h23-26H,3-22H2,1-2H3,(H2,30,31,32). The summed E-state index contributed by atoms with van der Waals surface area (Å²) in [5.41, 5.74) is 7.11. The molecule has 10 heteroatoms. The van der Waals surface area contributed by atoms with Gasteiger partial charge in [0.25, 0.3) is 0 Å². The number of ether oxygens (including phenoxy) is 1. The van der Waals surface area contributed by atoms with Crippen molar-refractivity contribution in [2.24, 2.45) is 0 Å². The van der Waals surface area contributed by atoms with Crippen molar-refractivity contribution in [1.82, 2.24) is 19.5 Å². The minimum absolute atomic E-state index is 0.139. The van der Waals surface area contributed by atoms with Crippen LogP contribution in [0.15, 0.2) is 12.7 Å². The predicted molar refractivity (Wildman–Crippen MR) is 173 cm³/mol. The van der Waals surface area contributed by atoms with Crippen LogP contribution >= 0.6 is 29.4 Å². The van der Waals surface area contributed by atoms with E-state index in [1.165, 1.54) is 108 Å². The molecular formula is C29H52N5O2PS2. The normalized spacial score (nSPS) is 12.9. The van der Waals surface area contributed by atoms with Gasteiger partial charge in [-0.15, -0.1) is 0 Å². The highest BCUT2D eigenvalue weighted by Crippen LogP contribution is 2.25. The van der Waals surface area contributed by atoms with Gasteiger partial charge in [-0.3, -0.25) is 0 Å². The Labute approximate surface area is 246 Å². The molecule has 2 rings (SSSR count). The second-order valence-corrected chi connectivity index (χ2v) is 14.7. The zero-order valence-corrected chi connectivity index (χ0v) is 26.9. The molecule has 2 N–H and O–H groups in total. The van der Waals surface area contributed by atoms with Gasteiger partial charge in [0.2, 0.25) is 5.98 Å². The molecule has 2 heterocycles. The third-order valence-corrected chi connectivity index (χ3v) is 10.5. The second kappa shape index (κ2) is 22.8. The number of unbranched alkanes of at least 4 members (excludes halogenated alkanes) is 14. The maximum Gasteiger partial charge on any atom is 0.208 e. The minimum atomic E-state index is -1.45. The number of anilines is 1. The Bertz CT molecular complexity index is 915. The maximum absolute atomic E-state index is 12.3. The Kier molecular flexibility index (Phi) is 20.1. The molecule has 0 radical (unpaired) electrons. The third kappa shape index (κ3) is 16.2. The van der Waals surface area contributed by atoms with E-state index in [1.54, 1.807) is 6.33 Å². The molecule has 39 heavy (non-hydrogen) atoms. The quantitative estimate of drug-likeness (QED) is 0.0698. The van der Waals surface area contributed by atoms with E-state index in [0.29, 0.717) is 29.7 Å². The maximum atomic E-state index is 12.3. The number of hydrogen-bond donors (Lipinski definition) is 1. The summed E-state index contributed by atoms with van der Waals surface area (Å²) in [5, 5.41) is 0. The van der Waals surface area contributed by atoms with Gasteiger partial charge in [0.1, 0.15) is 18.0 Å². The van der Waals surface area contributed by atoms with Gasteiger partial charge in [0, 0.05) is 11.5 Å². The Morgan fingerprint density at radius 2 is 1.44 bits per heavy atom. The van der Waals surface area contributed by atoms with E-state index in [-0.39, 0.29) is 6.10 Å². The smallest absolute Gasteiger partial charge is 0.208 e. The largest absolute Gasteiger partial charge is 0.629 e. The number of rotatable bonds is 25. The Balaban J connectivity index is 1.35. The van der Waals surface area contributed by atoms with Crippen LogP contribution in [0, 0.1) is 0 Å². The Morgan fingerprint density at radius 3 is 2.05 bits per heavy atom. The van der Waals surface area contributed by atoms with E-state index in [9.17, 15) is 4.89 Å². The number of nitrogens with zero attached hydrogens (tertiary/aromatic N) is 4. The molecule has 222 valence electrons. The van der Waals surface area contributed by atoms with E-state index in [0.717, 1.165) is 18.6 Å². The summed E-state index contributed by atoms with van der Waals surface area (Å²) >= 11 is 0. The molecule has 2 aromatic heterocycles. The molecule has 0 fully saturated rings. The fraction of sp³-hybridized carbons (Fsp3) is 0.793. The van der Waals surface area contributed by atoms with Crippen LogP contribution in [0.25, 0.3) is 11.2 Å². The SMILES string of the molecule is CCCCCCCCCCCCCCCCSSCCCC/[P+]([O-])=C/OC(C)Cn1cnc2c(N)ncnc21. The minimum Gasteiger partial charge on any atom is -0.629 e. The first-order chi connectivity index (χ1) is 19.1. The lowest BCUT2D eigenvalue weighted by molar-refractivity contribution is -0.153. The zero-order chi connectivity index (χ0) is 28.0. The first kappa shape index (κ1) is 34.3. The van der Waals surface area contributed by atoms with Crippen molar-refractivity contribution in [3.05, 3.63) is 12.7 Å². The molecule has 2 aromatic rings. The van der Waals surface area contributed by atoms with Gasteiger partial charge in [-0.05, 0) is 26.2 Å². The van der Waals surface area contributed by atoms with Crippen molar-refractivity contribution in [2.75, 3.05) is 23.4 Å². The predicted octanol–water partition coefficient (Wildman–Crippen LogP) is 7.97. The lowest BCUT2D eigenvalue weighted by atomic mass is 10.0. The molecule has 0 bridgehead atoms. The third-order valence-electron chi connectivity index (χ3n) is 6.81. The summed E-state index contributed by atoms with van der Waals surface area (Å²) in [6, 6.07) is 0. The van der Waals surface area contributed by atoms with Crippen LogP contribution in [-0.2, 0) is 11.3 Å². The van der Waals surface area contributed by atoms with Gasteiger partial charge >= 0.3 is 0 Å². The van der Waals surface area contributed by atoms with Crippen LogP contribution in [-0.4, -0.2) is 49.3 Å². The zero-order valence-electron chi connectivity index (χ0n) is 24.4. The molecule has 2 unspecified atom stereocenters. The van der Waals surface area contributed by atoms with Gasteiger partial charge in [0.15, 0.2) is 11.5 Å². The van der Waals surface area contributed by atoms with Crippen LogP contribution in [0.5, 0.6) is 0 Å². The number of hydrogen-bond acceptors (Lipinski definition) is 8. The molecule has 0 saturated carbocycles. The number of aromatic nitrogens is 4. The van der Waals surface area contributed by atoms with Crippen molar-refractivity contribution in [3.63, 3.8) is 0 Å². The van der Waals surface area contributed by atoms with E-state index in [4.69, 9.17) is 10.5 Å². The molecule has 7 nitrogen and oxygen atoms in total. The first-order valence-corrected chi connectivity index (χ1v) is 19.2. The van der Waals surface area contributed by atoms with E-state index in [2.05, 4.69) is 21.9 Å². The summed E-state index contributed by atoms with van der Waals surface area (Å²) in [7, 11) is 2.52. The van der Waals surface area contributed by atoms with Crippen LogP contribution in [0.3, 0.4) is 0 Å². The van der Waals surface area contributed by atoms with Crippen molar-refractivity contribution in [2.45, 2.75) is 129 Å². The summed E-state index contributed by atoms with van der Waals surface area (Å²) in [6.07, 6.45) is 25.5. The van der Waals surface area contributed by atoms with E-state index >= 15 is 0 Å². The number of fused-ring (bicyclic) bond motifs is 1. The van der Waals surface area contributed by atoms with Crippen LogP contribution in [0.2, 0.25) is 0 Å². The summed E-state index contributed by atoms with van der Waals surface area (Å²) in [4.78, 5) is 24.8. The Morgan fingerprint density at radius 1 is 0.872 bits per heavy atom. The van der Waals surface area contributed by atoms with Crippen LogP contribution < -0.4 is 10.6 Å². The van der Waals surface area contributed by atoms with Gasteiger partial charge in [0.05, 0.1) is 26.7 Å². The molecule has 2 atom stereocenters. The van der Waals surface area contributed by atoms with E-state index < -0.39 is 7.77 Å². The van der Waals surface area contributed by atoms with Gasteiger partial charge in [-0.2, -0.15) is 0 Å². The fourth-order valence-electron chi connectivity index (χ4n) is 4.48.